The fourth-order valence-electron chi connectivity index (χ4n) is 3.51. The summed E-state index contributed by atoms with van der Waals surface area (Å²) < 4.78 is 36.2. The minimum atomic E-state index is -0.780. The predicted octanol–water partition coefficient (Wildman–Crippen LogP) is 5.19. The van der Waals surface area contributed by atoms with Gasteiger partial charge in [-0.15, -0.1) is 0 Å². The summed E-state index contributed by atoms with van der Waals surface area (Å²) in [6.45, 7) is -0.714. The molecule has 28 heavy (non-hydrogen) atoms. The SMILES string of the molecule is OCc1c(F)ccc(-c2cc(-c3occ4ccccc34)c3nccn3c2)c1F. The van der Waals surface area contributed by atoms with Crippen LogP contribution in [0.4, 0.5) is 8.78 Å². The molecule has 0 amide bonds. The maximum atomic E-state index is 14.8. The lowest BCUT2D eigenvalue weighted by molar-refractivity contribution is 0.269. The van der Waals surface area contributed by atoms with Crippen LogP contribution in [0.25, 0.3) is 38.9 Å². The van der Waals surface area contributed by atoms with Crippen LogP contribution in [-0.2, 0) is 6.61 Å². The molecular formula is C22H14F2N2O2. The summed E-state index contributed by atoms with van der Waals surface area (Å²) in [5.74, 6) is -0.930. The molecule has 0 bridgehead atoms. The van der Waals surface area contributed by atoms with Crippen molar-refractivity contribution >= 4 is 16.4 Å². The van der Waals surface area contributed by atoms with Crippen molar-refractivity contribution in [3.8, 4) is 22.5 Å². The van der Waals surface area contributed by atoms with E-state index < -0.39 is 18.2 Å². The lowest BCUT2D eigenvalue weighted by Crippen LogP contribution is -1.99. The highest BCUT2D eigenvalue weighted by Gasteiger charge is 2.19. The van der Waals surface area contributed by atoms with Gasteiger partial charge in [0.1, 0.15) is 23.0 Å². The van der Waals surface area contributed by atoms with Crippen molar-refractivity contribution in [2.24, 2.45) is 0 Å². The van der Waals surface area contributed by atoms with Crippen molar-refractivity contribution in [3.63, 3.8) is 0 Å². The summed E-state index contributed by atoms with van der Waals surface area (Å²) >= 11 is 0. The summed E-state index contributed by atoms with van der Waals surface area (Å²) in [4.78, 5) is 4.40. The molecule has 3 aromatic heterocycles. The molecule has 4 nitrogen and oxygen atoms in total. The molecule has 3 heterocycles. The van der Waals surface area contributed by atoms with Gasteiger partial charge in [-0.25, -0.2) is 13.8 Å². The Hall–Kier alpha value is -3.51. The van der Waals surface area contributed by atoms with E-state index in [9.17, 15) is 13.9 Å². The standard InChI is InChI=1S/C22H14F2N2O2/c23-19-6-5-15(20(24)18(19)11-27)14-9-17(22-25-7-8-26(22)10-14)21-16-4-2-1-3-13(16)12-28-21/h1-10,12,27H,11H2. The van der Waals surface area contributed by atoms with Gasteiger partial charge in [0, 0.05) is 46.1 Å². The molecule has 0 atom stereocenters. The van der Waals surface area contributed by atoms with Gasteiger partial charge in [0.05, 0.1) is 18.4 Å². The topological polar surface area (TPSA) is 50.7 Å². The van der Waals surface area contributed by atoms with E-state index in [2.05, 4.69) is 4.98 Å². The number of rotatable bonds is 3. The van der Waals surface area contributed by atoms with Gasteiger partial charge in [-0.05, 0) is 18.2 Å². The Balaban J connectivity index is 1.80. The number of furan rings is 1. The first-order valence-corrected chi connectivity index (χ1v) is 8.69. The molecule has 0 saturated heterocycles. The Labute approximate surface area is 158 Å². The van der Waals surface area contributed by atoms with Gasteiger partial charge in [0.2, 0.25) is 0 Å². The van der Waals surface area contributed by atoms with E-state index in [-0.39, 0.29) is 11.1 Å². The third-order valence-corrected chi connectivity index (χ3v) is 4.90. The summed E-state index contributed by atoms with van der Waals surface area (Å²) in [5.41, 5.74) is 1.71. The van der Waals surface area contributed by atoms with Crippen LogP contribution in [0.1, 0.15) is 5.56 Å². The Morgan fingerprint density at radius 2 is 1.93 bits per heavy atom. The van der Waals surface area contributed by atoms with Crippen LogP contribution in [0.5, 0.6) is 0 Å². The number of nitrogens with zero attached hydrogens (tertiary/aromatic N) is 2. The fraction of sp³-hybridized carbons (Fsp3) is 0.0455. The molecule has 5 aromatic rings. The second-order valence-electron chi connectivity index (χ2n) is 6.50. The number of fused-ring (bicyclic) bond motifs is 2. The molecule has 0 aliphatic heterocycles. The first kappa shape index (κ1) is 16.6. The molecule has 138 valence electrons. The van der Waals surface area contributed by atoms with E-state index >= 15 is 0 Å². The zero-order valence-electron chi connectivity index (χ0n) is 14.6. The molecule has 0 aliphatic rings. The van der Waals surface area contributed by atoms with Crippen molar-refractivity contribution < 1.29 is 18.3 Å². The highest BCUT2D eigenvalue weighted by atomic mass is 19.1. The number of pyridine rings is 1. The zero-order valence-corrected chi connectivity index (χ0v) is 14.6. The van der Waals surface area contributed by atoms with Crippen LogP contribution in [0, 0.1) is 11.6 Å². The quantitative estimate of drug-likeness (QED) is 0.472. The Morgan fingerprint density at radius 3 is 2.79 bits per heavy atom. The van der Waals surface area contributed by atoms with E-state index in [1.807, 2.05) is 24.3 Å². The first-order valence-electron chi connectivity index (χ1n) is 8.69. The fourth-order valence-corrected chi connectivity index (χ4v) is 3.51. The zero-order chi connectivity index (χ0) is 19.3. The normalized spacial score (nSPS) is 11.5. The third-order valence-electron chi connectivity index (χ3n) is 4.90. The highest BCUT2D eigenvalue weighted by Crippen LogP contribution is 2.36. The monoisotopic (exact) mass is 376 g/mol. The first-order chi connectivity index (χ1) is 13.7. The second-order valence-corrected chi connectivity index (χ2v) is 6.50. The second kappa shape index (κ2) is 6.28. The summed E-state index contributed by atoms with van der Waals surface area (Å²) in [5, 5.41) is 11.2. The van der Waals surface area contributed by atoms with Crippen LogP contribution < -0.4 is 0 Å². The number of hydrogen-bond donors (Lipinski definition) is 1. The van der Waals surface area contributed by atoms with Gasteiger partial charge in [-0.2, -0.15) is 0 Å². The molecule has 6 heteroatoms. The molecule has 0 saturated carbocycles. The van der Waals surface area contributed by atoms with E-state index in [1.165, 1.54) is 6.07 Å². The van der Waals surface area contributed by atoms with E-state index in [0.29, 0.717) is 22.5 Å². The molecule has 0 spiro atoms. The highest BCUT2D eigenvalue weighted by molar-refractivity contribution is 5.98. The van der Waals surface area contributed by atoms with E-state index in [1.54, 1.807) is 35.3 Å². The van der Waals surface area contributed by atoms with Crippen molar-refractivity contribution in [2.75, 3.05) is 0 Å². The Kier molecular flexibility index (Phi) is 3.74. The maximum absolute atomic E-state index is 14.8. The molecule has 1 N–H and O–H groups in total. The van der Waals surface area contributed by atoms with E-state index in [4.69, 9.17) is 4.42 Å². The van der Waals surface area contributed by atoms with E-state index in [0.717, 1.165) is 16.8 Å². The van der Waals surface area contributed by atoms with Crippen molar-refractivity contribution in [1.82, 2.24) is 9.38 Å². The number of aliphatic hydroxyl groups is 1. The number of halogens is 2. The molecule has 0 radical (unpaired) electrons. The van der Waals surface area contributed by atoms with Crippen molar-refractivity contribution in [1.29, 1.82) is 0 Å². The summed E-state index contributed by atoms with van der Waals surface area (Å²) in [7, 11) is 0. The molecule has 0 fully saturated rings. The number of aliphatic hydroxyl groups excluding tert-OH is 1. The van der Waals surface area contributed by atoms with Crippen LogP contribution in [0.3, 0.4) is 0 Å². The van der Waals surface area contributed by atoms with Crippen LogP contribution >= 0.6 is 0 Å². The maximum Gasteiger partial charge on any atom is 0.147 e. The summed E-state index contributed by atoms with van der Waals surface area (Å²) in [6, 6.07) is 12.0. The number of aromatic nitrogens is 2. The van der Waals surface area contributed by atoms with Gasteiger partial charge in [0.15, 0.2) is 0 Å². The minimum Gasteiger partial charge on any atom is -0.463 e. The average Bonchev–Trinajstić information content (AvgIpc) is 3.34. The molecule has 0 unspecified atom stereocenters. The summed E-state index contributed by atoms with van der Waals surface area (Å²) in [6.07, 6.45) is 6.78. The predicted molar refractivity (Wildman–Crippen MR) is 102 cm³/mol. The third kappa shape index (κ3) is 2.42. The largest absolute Gasteiger partial charge is 0.463 e. The minimum absolute atomic E-state index is 0.193. The molecule has 0 aliphatic carbocycles. The molecule has 5 rings (SSSR count). The van der Waals surface area contributed by atoms with Gasteiger partial charge >= 0.3 is 0 Å². The Morgan fingerprint density at radius 1 is 1.07 bits per heavy atom. The number of hydrogen-bond acceptors (Lipinski definition) is 3. The number of imidazole rings is 1. The molecule has 2 aromatic carbocycles. The lowest BCUT2D eigenvalue weighted by atomic mass is 10.00. The molecular weight excluding hydrogens is 362 g/mol. The van der Waals surface area contributed by atoms with Crippen LogP contribution in [0.2, 0.25) is 0 Å². The van der Waals surface area contributed by atoms with Gasteiger partial charge in [-0.3, -0.25) is 0 Å². The van der Waals surface area contributed by atoms with Crippen molar-refractivity contribution in [2.45, 2.75) is 6.61 Å². The van der Waals surface area contributed by atoms with Crippen LogP contribution in [-0.4, -0.2) is 14.5 Å². The lowest BCUT2D eigenvalue weighted by Gasteiger charge is -2.11. The van der Waals surface area contributed by atoms with Crippen LogP contribution in [0.15, 0.2) is 71.7 Å². The van der Waals surface area contributed by atoms with Gasteiger partial charge in [0.25, 0.3) is 0 Å². The smallest absolute Gasteiger partial charge is 0.147 e. The average molecular weight is 376 g/mol. The Bertz CT molecular complexity index is 1340. The van der Waals surface area contributed by atoms with Gasteiger partial charge < -0.3 is 13.9 Å². The van der Waals surface area contributed by atoms with Gasteiger partial charge in [-0.1, -0.05) is 24.3 Å². The number of benzene rings is 2. The van der Waals surface area contributed by atoms with Crippen molar-refractivity contribution in [3.05, 3.63) is 84.5 Å².